The molecule has 0 spiro atoms. The number of hydrogen-bond acceptors (Lipinski definition) is 5. The Kier molecular flexibility index (Phi) is 6.05. The van der Waals surface area contributed by atoms with Crippen LogP contribution in [-0.4, -0.2) is 21.4 Å². The van der Waals surface area contributed by atoms with Crippen LogP contribution in [-0.2, 0) is 0 Å². The van der Waals surface area contributed by atoms with Gasteiger partial charge in [-0.05, 0) is 63.9 Å². The van der Waals surface area contributed by atoms with E-state index >= 15 is 0 Å². The number of aromatic nitrogens is 2. The van der Waals surface area contributed by atoms with E-state index in [1.165, 1.54) is 0 Å². The minimum absolute atomic E-state index is 0.203. The summed E-state index contributed by atoms with van der Waals surface area (Å²) in [4.78, 5) is 10.4. The minimum Gasteiger partial charge on any atom is -0.456 e. The van der Waals surface area contributed by atoms with Crippen LogP contribution >= 0.6 is 0 Å². The number of nitrogens with one attached hydrogen (secondary N) is 2. The molecule has 2 heterocycles. The summed E-state index contributed by atoms with van der Waals surface area (Å²) in [5.74, 6) is 0.583. The quantitative estimate of drug-likeness (QED) is 0.210. The van der Waals surface area contributed by atoms with Gasteiger partial charge in [-0.2, -0.15) is 0 Å². The van der Waals surface area contributed by atoms with Crippen LogP contribution in [0.25, 0.3) is 83.8 Å². The predicted molar refractivity (Wildman–Crippen MR) is 192 cm³/mol. The van der Waals surface area contributed by atoms with Crippen molar-refractivity contribution < 1.29 is 4.42 Å². The van der Waals surface area contributed by atoms with Crippen LogP contribution in [0.5, 0.6) is 0 Å². The highest BCUT2D eigenvalue weighted by Gasteiger charge is 2.20. The summed E-state index contributed by atoms with van der Waals surface area (Å²) in [6.45, 7) is 0. The van der Waals surface area contributed by atoms with E-state index in [1.54, 1.807) is 6.08 Å². The number of fused-ring (bicyclic) bond motifs is 6. The molecule has 0 aliphatic heterocycles. The lowest BCUT2D eigenvalue weighted by Crippen LogP contribution is -2.16. The molecule has 5 heteroatoms. The van der Waals surface area contributed by atoms with Gasteiger partial charge in [0.05, 0.1) is 22.8 Å². The van der Waals surface area contributed by atoms with Crippen LogP contribution in [0.2, 0.25) is 0 Å². The average Bonchev–Trinajstić information content (AvgIpc) is 3.52. The van der Waals surface area contributed by atoms with E-state index in [-0.39, 0.29) is 11.4 Å². The van der Waals surface area contributed by atoms with Gasteiger partial charge in [0.25, 0.3) is 0 Å². The summed E-state index contributed by atoms with van der Waals surface area (Å²) in [6, 6.07) is 45.3. The van der Waals surface area contributed by atoms with Gasteiger partial charge < -0.3 is 4.42 Å². The SMILES string of the molecule is N=C1C=Cc2ccc3ccc(-c4nc(-c5cccc(-c6ccccc6)c5)cc(-c5cccc6oc7ccccc7c56)n4)cc3c2C1=N. The number of allylic oxidation sites excluding steroid dienone is 1. The van der Waals surface area contributed by atoms with Gasteiger partial charge in [-0.25, -0.2) is 9.97 Å². The molecule has 0 fully saturated rings. The van der Waals surface area contributed by atoms with Crippen LogP contribution in [0.15, 0.2) is 144 Å². The first-order valence-corrected chi connectivity index (χ1v) is 15.5. The second-order valence-corrected chi connectivity index (χ2v) is 11.8. The molecule has 2 aromatic heterocycles. The molecule has 0 bridgehead atoms. The first kappa shape index (κ1) is 26.9. The zero-order valence-electron chi connectivity index (χ0n) is 25.2. The fraction of sp³-hybridized carbons (Fsp3) is 0. The van der Waals surface area contributed by atoms with Crippen LogP contribution in [0, 0.1) is 10.8 Å². The summed E-state index contributed by atoms with van der Waals surface area (Å²) in [7, 11) is 0. The monoisotopic (exact) mass is 602 g/mol. The van der Waals surface area contributed by atoms with Crippen molar-refractivity contribution in [2.45, 2.75) is 0 Å². The van der Waals surface area contributed by atoms with Gasteiger partial charge in [-0.15, -0.1) is 0 Å². The van der Waals surface area contributed by atoms with Gasteiger partial charge in [0.1, 0.15) is 11.2 Å². The third-order valence-corrected chi connectivity index (χ3v) is 8.93. The predicted octanol–water partition coefficient (Wildman–Crippen LogP) is 10.6. The topological polar surface area (TPSA) is 86.6 Å². The van der Waals surface area contributed by atoms with Gasteiger partial charge in [0.2, 0.25) is 0 Å². The Morgan fingerprint density at radius 3 is 2.17 bits per heavy atom. The maximum Gasteiger partial charge on any atom is 0.160 e. The smallest absolute Gasteiger partial charge is 0.160 e. The molecule has 6 aromatic carbocycles. The molecule has 0 saturated carbocycles. The fourth-order valence-corrected chi connectivity index (χ4v) is 6.62. The van der Waals surface area contributed by atoms with Crippen molar-refractivity contribution in [2.24, 2.45) is 0 Å². The highest BCUT2D eigenvalue weighted by molar-refractivity contribution is 6.53. The molecule has 0 unspecified atom stereocenters. The summed E-state index contributed by atoms with van der Waals surface area (Å²) in [5, 5.41) is 21.0. The molecule has 0 radical (unpaired) electrons. The van der Waals surface area contributed by atoms with E-state index in [0.29, 0.717) is 5.82 Å². The highest BCUT2D eigenvalue weighted by atomic mass is 16.3. The number of nitrogens with zero attached hydrogens (tertiary/aromatic N) is 2. The van der Waals surface area contributed by atoms with Gasteiger partial charge in [0.15, 0.2) is 5.82 Å². The van der Waals surface area contributed by atoms with Crippen LogP contribution in [0.3, 0.4) is 0 Å². The lowest BCUT2D eigenvalue weighted by Gasteiger charge is -2.16. The molecule has 0 saturated heterocycles. The largest absolute Gasteiger partial charge is 0.456 e. The number of rotatable bonds is 4. The van der Waals surface area contributed by atoms with E-state index in [0.717, 1.165) is 83.0 Å². The Balaban J connectivity index is 1.29. The van der Waals surface area contributed by atoms with Crippen molar-refractivity contribution in [2.75, 3.05) is 0 Å². The molecule has 0 amide bonds. The molecule has 5 nitrogen and oxygen atoms in total. The lowest BCUT2D eigenvalue weighted by atomic mass is 9.88. The number of benzene rings is 6. The second kappa shape index (κ2) is 10.6. The van der Waals surface area contributed by atoms with E-state index in [9.17, 15) is 0 Å². The van der Waals surface area contributed by atoms with Crippen molar-refractivity contribution in [3.8, 4) is 45.0 Å². The number of para-hydroxylation sites is 1. The van der Waals surface area contributed by atoms with Crippen molar-refractivity contribution in [3.05, 3.63) is 151 Å². The molecule has 1 aliphatic rings. The normalized spacial score (nSPS) is 12.7. The maximum absolute atomic E-state index is 8.73. The van der Waals surface area contributed by atoms with Crippen LogP contribution in [0.1, 0.15) is 11.1 Å². The standard InChI is InChI=1S/C42H26N4O/c43-34-21-20-27-18-16-26-17-19-30(23-33(26)39(27)41(34)44)42-45-35(29-11-6-10-28(22-29)25-8-2-1-3-9-25)24-36(46-42)31-13-7-15-38-40(31)32-12-4-5-14-37(32)47-38/h1-24,43-44H. The summed E-state index contributed by atoms with van der Waals surface area (Å²) in [5.41, 5.74) is 10.4. The Morgan fingerprint density at radius 1 is 0.511 bits per heavy atom. The molecule has 9 rings (SSSR count). The van der Waals surface area contributed by atoms with Gasteiger partial charge in [-0.3, -0.25) is 10.8 Å². The summed E-state index contributed by atoms with van der Waals surface area (Å²) >= 11 is 0. The second-order valence-electron chi connectivity index (χ2n) is 11.8. The molecule has 220 valence electrons. The fourth-order valence-electron chi connectivity index (χ4n) is 6.62. The Morgan fingerprint density at radius 2 is 1.26 bits per heavy atom. The van der Waals surface area contributed by atoms with E-state index < -0.39 is 0 Å². The average molecular weight is 603 g/mol. The molecule has 47 heavy (non-hydrogen) atoms. The van der Waals surface area contributed by atoms with Crippen molar-refractivity contribution in [1.29, 1.82) is 10.8 Å². The molecule has 8 aromatic rings. The van der Waals surface area contributed by atoms with E-state index in [2.05, 4.69) is 72.8 Å². The molecular formula is C42H26N4O. The molecule has 0 atom stereocenters. The van der Waals surface area contributed by atoms with Gasteiger partial charge >= 0.3 is 0 Å². The minimum atomic E-state index is 0.203. The van der Waals surface area contributed by atoms with Crippen LogP contribution < -0.4 is 0 Å². The number of hydrogen-bond donors (Lipinski definition) is 2. The summed E-state index contributed by atoms with van der Waals surface area (Å²) in [6.07, 6.45) is 3.59. The molecule has 1 aliphatic carbocycles. The van der Waals surface area contributed by atoms with Crippen molar-refractivity contribution in [1.82, 2.24) is 9.97 Å². The highest BCUT2D eigenvalue weighted by Crippen LogP contribution is 2.38. The maximum atomic E-state index is 8.73. The van der Waals surface area contributed by atoms with Crippen molar-refractivity contribution in [3.63, 3.8) is 0 Å². The van der Waals surface area contributed by atoms with Crippen molar-refractivity contribution >= 4 is 50.2 Å². The van der Waals surface area contributed by atoms with E-state index in [1.807, 2.05) is 66.7 Å². The Hall–Kier alpha value is -6.46. The molecule has 2 N–H and O–H groups in total. The zero-order chi connectivity index (χ0) is 31.5. The first-order chi connectivity index (χ1) is 23.1. The van der Waals surface area contributed by atoms with E-state index in [4.69, 9.17) is 25.2 Å². The van der Waals surface area contributed by atoms with Gasteiger partial charge in [-0.1, -0.05) is 109 Å². The lowest BCUT2D eigenvalue weighted by molar-refractivity contribution is 0.669. The van der Waals surface area contributed by atoms with Crippen LogP contribution in [0.4, 0.5) is 0 Å². The third-order valence-electron chi connectivity index (χ3n) is 8.93. The summed E-state index contributed by atoms with van der Waals surface area (Å²) < 4.78 is 6.24. The molecular weight excluding hydrogens is 576 g/mol. The Labute approximate surface area is 270 Å². The first-order valence-electron chi connectivity index (χ1n) is 15.5. The third kappa shape index (κ3) is 4.48. The zero-order valence-corrected chi connectivity index (χ0v) is 25.2. The Bertz CT molecular complexity index is 2610. The van der Waals surface area contributed by atoms with Gasteiger partial charge in [0, 0.05) is 33.0 Å². The number of furan rings is 1.